The third kappa shape index (κ3) is 5.06. The van der Waals surface area contributed by atoms with E-state index >= 15 is 0 Å². The third-order valence-corrected chi connectivity index (χ3v) is 6.78. The first-order valence-electron chi connectivity index (χ1n) is 11.2. The standard InChI is InChI=1S/C21H37N5O4/c1-13(2)30-21(29)25-11-14(3)26(15(4)27)18-6-5-16(9-19(18)25)17-10-23-24(12-17)8-7-20(22)28/h13-14,16-19,23H,5-12H2,1-4H3,(H2,22,28)/t14-,16?,17?,18?,19?/m0/s1. The van der Waals surface area contributed by atoms with Crippen LogP contribution in [0.3, 0.4) is 0 Å². The van der Waals surface area contributed by atoms with E-state index < -0.39 is 0 Å². The lowest BCUT2D eigenvalue weighted by atomic mass is 9.73. The van der Waals surface area contributed by atoms with Gasteiger partial charge in [-0.3, -0.25) is 15.0 Å². The van der Waals surface area contributed by atoms with Crippen molar-refractivity contribution in [2.24, 2.45) is 17.6 Å². The van der Waals surface area contributed by atoms with E-state index in [9.17, 15) is 14.4 Å². The summed E-state index contributed by atoms with van der Waals surface area (Å²) >= 11 is 0. The van der Waals surface area contributed by atoms with Crippen LogP contribution in [0.2, 0.25) is 0 Å². The van der Waals surface area contributed by atoms with Gasteiger partial charge in [0.25, 0.3) is 0 Å². The Morgan fingerprint density at radius 1 is 1.13 bits per heavy atom. The fraction of sp³-hybridized carbons (Fsp3) is 0.857. The molecule has 0 bridgehead atoms. The number of nitrogens with two attached hydrogens (primary N) is 1. The van der Waals surface area contributed by atoms with E-state index in [-0.39, 0.29) is 42.1 Å². The van der Waals surface area contributed by atoms with Crippen LogP contribution in [0.1, 0.15) is 53.4 Å². The van der Waals surface area contributed by atoms with Crippen molar-refractivity contribution in [2.45, 2.75) is 77.6 Å². The maximum atomic E-state index is 12.9. The molecule has 9 nitrogen and oxygen atoms in total. The predicted molar refractivity (Wildman–Crippen MR) is 112 cm³/mol. The number of fused-ring (bicyclic) bond motifs is 1. The lowest BCUT2D eigenvalue weighted by molar-refractivity contribution is -0.142. The zero-order valence-corrected chi connectivity index (χ0v) is 18.7. The fourth-order valence-electron chi connectivity index (χ4n) is 5.50. The van der Waals surface area contributed by atoms with Crippen LogP contribution in [0.5, 0.6) is 0 Å². The molecule has 5 atom stereocenters. The number of rotatable bonds is 5. The summed E-state index contributed by atoms with van der Waals surface area (Å²) in [6.45, 7) is 10.2. The van der Waals surface area contributed by atoms with Crippen molar-refractivity contribution >= 4 is 17.9 Å². The number of hydrogen-bond acceptors (Lipinski definition) is 6. The summed E-state index contributed by atoms with van der Waals surface area (Å²) in [5, 5.41) is 2.08. The quantitative estimate of drug-likeness (QED) is 0.681. The number of amides is 3. The van der Waals surface area contributed by atoms with Crippen LogP contribution in [-0.4, -0.2) is 83.1 Å². The number of primary amides is 1. The summed E-state index contributed by atoms with van der Waals surface area (Å²) in [6, 6.07) is 0.00904. The maximum absolute atomic E-state index is 12.9. The molecule has 3 fully saturated rings. The van der Waals surface area contributed by atoms with E-state index in [2.05, 4.69) is 10.4 Å². The van der Waals surface area contributed by atoms with Gasteiger partial charge in [-0.05, 0) is 51.9 Å². The number of ether oxygens (including phenoxy) is 1. The average Bonchev–Trinajstić information content (AvgIpc) is 3.13. The molecule has 3 rings (SSSR count). The van der Waals surface area contributed by atoms with Gasteiger partial charge in [0.2, 0.25) is 11.8 Å². The van der Waals surface area contributed by atoms with Crippen LogP contribution in [0.4, 0.5) is 4.79 Å². The molecule has 9 heteroatoms. The molecule has 3 N–H and O–H groups in total. The zero-order valence-electron chi connectivity index (χ0n) is 18.7. The minimum absolute atomic E-state index is 0.0162. The Balaban J connectivity index is 1.71. The topological polar surface area (TPSA) is 108 Å². The summed E-state index contributed by atoms with van der Waals surface area (Å²) in [6.07, 6.45) is 2.68. The number of piperazine rings is 1. The first kappa shape index (κ1) is 22.8. The summed E-state index contributed by atoms with van der Waals surface area (Å²) in [5.41, 5.74) is 8.65. The van der Waals surface area contributed by atoms with E-state index in [0.717, 1.165) is 32.4 Å². The number of nitrogens with one attached hydrogen (secondary N) is 1. The second-order valence-corrected chi connectivity index (χ2v) is 9.35. The van der Waals surface area contributed by atoms with E-state index in [1.165, 1.54) is 0 Å². The van der Waals surface area contributed by atoms with Gasteiger partial charge in [-0.25, -0.2) is 9.80 Å². The van der Waals surface area contributed by atoms with Crippen LogP contribution in [0, 0.1) is 11.8 Å². The minimum Gasteiger partial charge on any atom is -0.447 e. The number of hydrogen-bond donors (Lipinski definition) is 2. The van der Waals surface area contributed by atoms with Crippen molar-refractivity contribution in [2.75, 3.05) is 26.2 Å². The van der Waals surface area contributed by atoms with Crippen molar-refractivity contribution in [3.63, 3.8) is 0 Å². The minimum atomic E-state index is -0.291. The Labute approximate surface area is 179 Å². The molecule has 3 amide bonds. The van der Waals surface area contributed by atoms with Gasteiger partial charge in [0.05, 0.1) is 18.2 Å². The molecule has 4 unspecified atom stereocenters. The molecule has 0 spiro atoms. The number of carbonyl (C=O) groups is 3. The van der Waals surface area contributed by atoms with Crippen molar-refractivity contribution in [1.29, 1.82) is 0 Å². The Bertz CT molecular complexity index is 657. The van der Waals surface area contributed by atoms with E-state index in [1.807, 2.05) is 30.6 Å². The summed E-state index contributed by atoms with van der Waals surface area (Å²) in [4.78, 5) is 40.1. The highest BCUT2D eigenvalue weighted by Gasteiger charge is 2.48. The lowest BCUT2D eigenvalue weighted by Crippen LogP contribution is -2.67. The van der Waals surface area contributed by atoms with Crippen LogP contribution in [-0.2, 0) is 14.3 Å². The molecule has 0 aromatic carbocycles. The third-order valence-electron chi connectivity index (χ3n) is 6.78. The number of carbonyl (C=O) groups excluding carboxylic acids is 3. The van der Waals surface area contributed by atoms with Crippen LogP contribution < -0.4 is 11.2 Å². The molecule has 2 heterocycles. The normalized spacial score (nSPS) is 32.2. The molecule has 1 aliphatic carbocycles. The smallest absolute Gasteiger partial charge is 0.410 e. The number of nitrogens with zero attached hydrogens (tertiary/aromatic N) is 3. The molecule has 1 saturated carbocycles. The van der Waals surface area contributed by atoms with Crippen molar-refractivity contribution in [3.8, 4) is 0 Å². The SMILES string of the molecule is CC(=O)N1C2CCC(C3CNN(CCC(N)=O)C3)CC2N(C(=O)OC(C)C)C[C@@H]1C. The van der Waals surface area contributed by atoms with Gasteiger partial charge in [0, 0.05) is 45.6 Å². The highest BCUT2D eigenvalue weighted by atomic mass is 16.6. The van der Waals surface area contributed by atoms with Crippen LogP contribution in [0.25, 0.3) is 0 Å². The summed E-state index contributed by atoms with van der Waals surface area (Å²) in [7, 11) is 0. The molecular weight excluding hydrogens is 386 g/mol. The van der Waals surface area contributed by atoms with Gasteiger partial charge in [-0.15, -0.1) is 0 Å². The monoisotopic (exact) mass is 423 g/mol. The van der Waals surface area contributed by atoms with E-state index in [4.69, 9.17) is 10.5 Å². The lowest BCUT2D eigenvalue weighted by Gasteiger charge is -2.54. The van der Waals surface area contributed by atoms with Gasteiger partial charge in [0.1, 0.15) is 0 Å². The second-order valence-electron chi connectivity index (χ2n) is 9.35. The highest BCUT2D eigenvalue weighted by Crippen LogP contribution is 2.39. The summed E-state index contributed by atoms with van der Waals surface area (Å²) in [5.74, 6) is 0.689. The highest BCUT2D eigenvalue weighted by molar-refractivity contribution is 5.75. The van der Waals surface area contributed by atoms with Gasteiger partial charge >= 0.3 is 6.09 Å². The first-order valence-corrected chi connectivity index (χ1v) is 11.2. The molecule has 2 aliphatic heterocycles. The van der Waals surface area contributed by atoms with Gasteiger partial charge in [0.15, 0.2) is 0 Å². The first-order chi connectivity index (χ1) is 14.2. The van der Waals surface area contributed by atoms with E-state index in [0.29, 0.717) is 31.3 Å². The zero-order chi connectivity index (χ0) is 22.0. The maximum Gasteiger partial charge on any atom is 0.410 e. The molecule has 30 heavy (non-hydrogen) atoms. The molecule has 0 aromatic rings. The van der Waals surface area contributed by atoms with Gasteiger partial charge in [-0.2, -0.15) is 0 Å². The molecule has 2 saturated heterocycles. The predicted octanol–water partition coefficient (Wildman–Crippen LogP) is 0.933. The molecular formula is C21H37N5O4. The van der Waals surface area contributed by atoms with Crippen LogP contribution in [0.15, 0.2) is 0 Å². The Morgan fingerprint density at radius 3 is 2.50 bits per heavy atom. The number of hydrazine groups is 1. The van der Waals surface area contributed by atoms with Crippen molar-refractivity contribution < 1.29 is 19.1 Å². The molecule has 3 aliphatic rings. The Morgan fingerprint density at radius 2 is 1.87 bits per heavy atom. The second kappa shape index (κ2) is 9.51. The fourth-order valence-corrected chi connectivity index (χ4v) is 5.50. The molecule has 170 valence electrons. The van der Waals surface area contributed by atoms with Crippen molar-refractivity contribution in [3.05, 3.63) is 0 Å². The average molecular weight is 424 g/mol. The van der Waals surface area contributed by atoms with Crippen molar-refractivity contribution in [1.82, 2.24) is 20.2 Å². The Kier molecular flexibility index (Phi) is 7.23. The van der Waals surface area contributed by atoms with E-state index in [1.54, 1.807) is 6.92 Å². The van der Waals surface area contributed by atoms with Gasteiger partial charge < -0.3 is 20.3 Å². The molecule has 0 radical (unpaired) electrons. The largest absolute Gasteiger partial charge is 0.447 e. The molecule has 0 aromatic heterocycles. The van der Waals surface area contributed by atoms with Gasteiger partial charge in [-0.1, -0.05) is 0 Å². The summed E-state index contributed by atoms with van der Waals surface area (Å²) < 4.78 is 5.53. The van der Waals surface area contributed by atoms with Crippen LogP contribution >= 0.6 is 0 Å². The Hall–Kier alpha value is -1.87.